The van der Waals surface area contributed by atoms with Gasteiger partial charge in [0.1, 0.15) is 11.6 Å². The molecule has 3 heterocycles. The number of primary amides is 1. The number of piperidine rings is 1. The van der Waals surface area contributed by atoms with E-state index >= 15 is 0 Å². The predicted octanol–water partition coefficient (Wildman–Crippen LogP) is 3.14. The van der Waals surface area contributed by atoms with Crippen LogP contribution in [-0.4, -0.2) is 39.1 Å². The lowest BCUT2D eigenvalue weighted by atomic mass is 9.97. The first-order valence-electron chi connectivity index (χ1n) is 11.2. The lowest BCUT2D eigenvalue weighted by Gasteiger charge is -2.33. The van der Waals surface area contributed by atoms with Gasteiger partial charge >= 0.3 is 0 Å². The first-order valence-corrected chi connectivity index (χ1v) is 11.2. The van der Waals surface area contributed by atoms with E-state index in [2.05, 4.69) is 25.0 Å². The number of rotatable bonds is 5. The number of nitrogen functional groups attached to an aromatic ring is 1. The largest absolute Gasteiger partial charge is 0.383 e. The lowest BCUT2D eigenvalue weighted by Crippen LogP contribution is -2.41. The zero-order chi connectivity index (χ0) is 22.1. The zero-order valence-electron chi connectivity index (χ0n) is 17.9. The average Bonchev–Trinajstić information content (AvgIpc) is 3.52. The Labute approximate surface area is 186 Å². The standard InChI is InChI=1S/C23H27N7O2/c24-19-18(12-26-21(27-19)14-4-1-2-5-14)22-28-23(32-29-22)15-7-9-17(10-8-15)30-11-3-6-16(13-30)20(25)31/h7-10,12,14,16H,1-6,11,13H2,(H2,25,31)(H2,24,26,27). The highest BCUT2D eigenvalue weighted by Crippen LogP contribution is 2.34. The molecule has 9 nitrogen and oxygen atoms in total. The maximum absolute atomic E-state index is 11.5. The number of amides is 1. The van der Waals surface area contributed by atoms with Gasteiger partial charge in [0.05, 0.1) is 11.5 Å². The van der Waals surface area contributed by atoms with Crippen LogP contribution in [0.5, 0.6) is 0 Å². The van der Waals surface area contributed by atoms with Crippen LogP contribution in [-0.2, 0) is 4.79 Å². The Morgan fingerprint density at radius 2 is 1.84 bits per heavy atom. The van der Waals surface area contributed by atoms with Crippen LogP contribution in [0, 0.1) is 5.92 Å². The maximum Gasteiger partial charge on any atom is 0.258 e. The van der Waals surface area contributed by atoms with Crippen LogP contribution in [0.4, 0.5) is 11.5 Å². The van der Waals surface area contributed by atoms with Gasteiger partial charge in [0, 0.05) is 36.5 Å². The maximum atomic E-state index is 11.5. The van der Waals surface area contributed by atoms with E-state index in [1.165, 1.54) is 12.8 Å². The molecule has 2 aliphatic rings. The van der Waals surface area contributed by atoms with Gasteiger partial charge in [-0.2, -0.15) is 4.98 Å². The molecule has 166 valence electrons. The van der Waals surface area contributed by atoms with Gasteiger partial charge in [-0.3, -0.25) is 4.79 Å². The summed E-state index contributed by atoms with van der Waals surface area (Å²) in [5, 5.41) is 4.08. The van der Waals surface area contributed by atoms with Crippen LogP contribution < -0.4 is 16.4 Å². The van der Waals surface area contributed by atoms with Crippen LogP contribution in [0.1, 0.15) is 50.3 Å². The second kappa shape index (κ2) is 8.57. The summed E-state index contributed by atoms with van der Waals surface area (Å²) in [6.45, 7) is 1.56. The number of nitrogens with zero attached hydrogens (tertiary/aromatic N) is 5. The Morgan fingerprint density at radius 3 is 2.56 bits per heavy atom. The molecule has 1 aliphatic heterocycles. The third kappa shape index (κ3) is 4.02. The second-order valence-corrected chi connectivity index (χ2v) is 8.67. The first kappa shape index (κ1) is 20.4. The monoisotopic (exact) mass is 433 g/mol. The van der Waals surface area contributed by atoms with Gasteiger partial charge in [-0.25, -0.2) is 9.97 Å². The summed E-state index contributed by atoms with van der Waals surface area (Å²) < 4.78 is 5.48. The van der Waals surface area contributed by atoms with E-state index in [1.807, 2.05) is 24.3 Å². The van der Waals surface area contributed by atoms with E-state index in [-0.39, 0.29) is 11.8 Å². The average molecular weight is 434 g/mol. The molecular formula is C23H27N7O2. The summed E-state index contributed by atoms with van der Waals surface area (Å²) >= 11 is 0. The van der Waals surface area contributed by atoms with Gasteiger partial charge in [0.2, 0.25) is 11.7 Å². The van der Waals surface area contributed by atoms with Crippen molar-refractivity contribution >= 4 is 17.4 Å². The number of benzene rings is 1. The Kier molecular flexibility index (Phi) is 5.46. The number of hydrogen-bond acceptors (Lipinski definition) is 8. The van der Waals surface area contributed by atoms with Crippen LogP contribution in [0.2, 0.25) is 0 Å². The molecule has 0 bridgehead atoms. The minimum Gasteiger partial charge on any atom is -0.383 e. The fraction of sp³-hybridized carbons (Fsp3) is 0.435. The third-order valence-corrected chi connectivity index (χ3v) is 6.53. The van der Waals surface area contributed by atoms with Crippen molar-refractivity contribution in [3.8, 4) is 22.8 Å². The molecule has 0 spiro atoms. The normalized spacial score (nSPS) is 19.4. The molecule has 32 heavy (non-hydrogen) atoms. The van der Waals surface area contributed by atoms with Crippen molar-refractivity contribution in [3.05, 3.63) is 36.3 Å². The summed E-state index contributed by atoms with van der Waals surface area (Å²) in [4.78, 5) is 27.3. The highest BCUT2D eigenvalue weighted by molar-refractivity contribution is 5.77. The van der Waals surface area contributed by atoms with Gasteiger partial charge in [-0.1, -0.05) is 18.0 Å². The summed E-state index contributed by atoms with van der Waals surface area (Å²) in [6, 6.07) is 7.86. The van der Waals surface area contributed by atoms with E-state index in [4.69, 9.17) is 16.0 Å². The number of nitrogens with two attached hydrogens (primary N) is 2. The first-order chi connectivity index (χ1) is 15.6. The fourth-order valence-electron chi connectivity index (χ4n) is 4.67. The van der Waals surface area contributed by atoms with Gasteiger partial charge < -0.3 is 20.9 Å². The van der Waals surface area contributed by atoms with Crippen LogP contribution in [0.15, 0.2) is 35.0 Å². The lowest BCUT2D eigenvalue weighted by molar-refractivity contribution is -0.122. The van der Waals surface area contributed by atoms with E-state index in [1.54, 1.807) is 6.20 Å². The molecule has 4 N–H and O–H groups in total. The Bertz CT molecular complexity index is 1110. The number of aromatic nitrogens is 4. The Balaban J connectivity index is 1.32. The number of anilines is 2. The molecule has 1 saturated carbocycles. The Hall–Kier alpha value is -3.49. The topological polar surface area (TPSA) is 137 Å². The summed E-state index contributed by atoms with van der Waals surface area (Å²) in [6.07, 6.45) is 8.15. The van der Waals surface area contributed by atoms with Crippen molar-refractivity contribution in [2.45, 2.75) is 44.4 Å². The van der Waals surface area contributed by atoms with Crippen molar-refractivity contribution in [2.75, 3.05) is 23.7 Å². The summed E-state index contributed by atoms with van der Waals surface area (Å²) in [7, 11) is 0. The SMILES string of the molecule is NC(=O)C1CCCN(c2ccc(-c3nc(-c4cnc(C5CCCC5)nc4N)no3)cc2)C1. The molecule has 9 heteroatoms. The quantitative estimate of drug-likeness (QED) is 0.626. The van der Waals surface area contributed by atoms with Crippen LogP contribution >= 0.6 is 0 Å². The number of carbonyl (C=O) groups excluding carboxylic acids is 1. The molecule has 1 amide bonds. The van der Waals surface area contributed by atoms with Gasteiger partial charge in [0.15, 0.2) is 0 Å². The van der Waals surface area contributed by atoms with E-state index in [0.29, 0.717) is 35.6 Å². The minimum atomic E-state index is -0.232. The molecule has 5 rings (SSSR count). The molecule has 1 aliphatic carbocycles. The van der Waals surface area contributed by atoms with Crippen molar-refractivity contribution in [1.82, 2.24) is 20.1 Å². The van der Waals surface area contributed by atoms with Crippen molar-refractivity contribution in [1.29, 1.82) is 0 Å². The number of carbonyl (C=O) groups is 1. The van der Waals surface area contributed by atoms with Crippen molar-refractivity contribution < 1.29 is 9.32 Å². The highest BCUT2D eigenvalue weighted by atomic mass is 16.5. The third-order valence-electron chi connectivity index (χ3n) is 6.53. The molecule has 1 atom stereocenters. The summed E-state index contributed by atoms with van der Waals surface area (Å²) in [5.74, 6) is 2.01. The molecule has 2 fully saturated rings. The molecular weight excluding hydrogens is 406 g/mol. The molecule has 0 radical (unpaired) electrons. The van der Waals surface area contributed by atoms with Gasteiger partial charge in [-0.15, -0.1) is 0 Å². The Morgan fingerprint density at radius 1 is 1.06 bits per heavy atom. The second-order valence-electron chi connectivity index (χ2n) is 8.67. The number of hydrogen-bond donors (Lipinski definition) is 2. The zero-order valence-corrected chi connectivity index (χ0v) is 17.9. The van der Waals surface area contributed by atoms with E-state index < -0.39 is 0 Å². The van der Waals surface area contributed by atoms with E-state index in [9.17, 15) is 4.79 Å². The van der Waals surface area contributed by atoms with Crippen molar-refractivity contribution in [2.24, 2.45) is 11.7 Å². The molecule has 1 unspecified atom stereocenters. The van der Waals surface area contributed by atoms with Crippen LogP contribution in [0.3, 0.4) is 0 Å². The minimum absolute atomic E-state index is 0.102. The highest BCUT2D eigenvalue weighted by Gasteiger charge is 2.25. The van der Waals surface area contributed by atoms with E-state index in [0.717, 1.165) is 49.3 Å². The smallest absolute Gasteiger partial charge is 0.258 e. The summed E-state index contributed by atoms with van der Waals surface area (Å²) in [5.41, 5.74) is 14.1. The van der Waals surface area contributed by atoms with Gasteiger partial charge in [0.25, 0.3) is 5.89 Å². The molecule has 1 saturated heterocycles. The molecule has 2 aromatic heterocycles. The predicted molar refractivity (Wildman–Crippen MR) is 121 cm³/mol. The van der Waals surface area contributed by atoms with Crippen LogP contribution in [0.25, 0.3) is 22.8 Å². The van der Waals surface area contributed by atoms with Crippen molar-refractivity contribution in [3.63, 3.8) is 0 Å². The fourth-order valence-corrected chi connectivity index (χ4v) is 4.67. The molecule has 1 aromatic carbocycles. The molecule has 3 aromatic rings. The van der Waals surface area contributed by atoms with Gasteiger partial charge in [-0.05, 0) is 49.9 Å².